The zero-order chi connectivity index (χ0) is 15.2. The van der Waals surface area contributed by atoms with Crippen LogP contribution in [0, 0.1) is 0 Å². The zero-order valence-electron chi connectivity index (χ0n) is 11.4. The van der Waals surface area contributed by atoms with E-state index in [0.29, 0.717) is 15.8 Å². The highest BCUT2D eigenvalue weighted by molar-refractivity contribution is 8.26. The van der Waals surface area contributed by atoms with E-state index in [1.807, 2.05) is 6.07 Å². The number of aromatic nitrogens is 1. The lowest BCUT2D eigenvalue weighted by Crippen LogP contribution is -2.30. The highest BCUT2D eigenvalue weighted by Crippen LogP contribution is 2.32. The van der Waals surface area contributed by atoms with Crippen molar-refractivity contribution in [2.45, 2.75) is 13.3 Å². The van der Waals surface area contributed by atoms with Gasteiger partial charge in [0.1, 0.15) is 4.32 Å². The van der Waals surface area contributed by atoms with Crippen LogP contribution in [-0.4, -0.2) is 39.2 Å². The van der Waals surface area contributed by atoms with Crippen molar-refractivity contribution in [3.63, 3.8) is 0 Å². The first-order chi connectivity index (χ1) is 10.1. The number of hydrogen-bond acceptors (Lipinski definition) is 6. The van der Waals surface area contributed by atoms with Crippen molar-refractivity contribution in [1.29, 1.82) is 0 Å². The number of nitrogens with zero attached hydrogens (tertiary/aromatic N) is 2. The summed E-state index contributed by atoms with van der Waals surface area (Å²) in [6, 6.07) is 3.66. The first-order valence-corrected chi connectivity index (χ1v) is 7.65. The number of pyridine rings is 1. The molecule has 110 valence electrons. The second-order valence-corrected chi connectivity index (χ2v) is 5.85. The Balaban J connectivity index is 2.03. The van der Waals surface area contributed by atoms with Gasteiger partial charge in [-0.15, -0.1) is 0 Å². The highest BCUT2D eigenvalue weighted by Gasteiger charge is 2.32. The third kappa shape index (κ3) is 4.12. The van der Waals surface area contributed by atoms with Crippen molar-refractivity contribution in [2.24, 2.45) is 0 Å². The van der Waals surface area contributed by atoms with Crippen LogP contribution in [0.3, 0.4) is 0 Å². The fraction of sp³-hybridized carbons (Fsp3) is 0.286. The van der Waals surface area contributed by atoms with Crippen molar-refractivity contribution < 1.29 is 14.3 Å². The van der Waals surface area contributed by atoms with Gasteiger partial charge in [-0.05, 0) is 24.6 Å². The van der Waals surface area contributed by atoms with Crippen molar-refractivity contribution in [3.05, 3.63) is 35.0 Å². The van der Waals surface area contributed by atoms with Crippen LogP contribution < -0.4 is 0 Å². The van der Waals surface area contributed by atoms with Crippen molar-refractivity contribution in [1.82, 2.24) is 9.88 Å². The molecule has 0 aromatic carbocycles. The fourth-order valence-electron chi connectivity index (χ4n) is 1.74. The molecule has 0 bridgehead atoms. The summed E-state index contributed by atoms with van der Waals surface area (Å²) in [5.74, 6) is -0.513. The van der Waals surface area contributed by atoms with Crippen molar-refractivity contribution in [3.8, 4) is 0 Å². The summed E-state index contributed by atoms with van der Waals surface area (Å²) in [4.78, 5) is 29.6. The molecule has 1 aliphatic heterocycles. The Bertz CT molecular complexity index is 587. The standard InChI is InChI=1S/C14H14N2O3S2/c1-2-19-12(17)5-7-16-13(18)11(21-14(16)20)8-10-4-3-6-15-9-10/h3-4,6,8-9H,2,5,7H2,1H3/b11-8-. The number of hydrogen-bond donors (Lipinski definition) is 0. The van der Waals surface area contributed by atoms with Crippen molar-refractivity contribution >= 4 is 46.3 Å². The van der Waals surface area contributed by atoms with Gasteiger partial charge in [-0.25, -0.2) is 0 Å². The molecule has 1 aromatic rings. The summed E-state index contributed by atoms with van der Waals surface area (Å²) < 4.78 is 5.30. The molecular weight excluding hydrogens is 308 g/mol. The fourth-order valence-corrected chi connectivity index (χ4v) is 3.05. The lowest BCUT2D eigenvalue weighted by atomic mass is 10.2. The van der Waals surface area contributed by atoms with Gasteiger partial charge >= 0.3 is 5.97 Å². The van der Waals surface area contributed by atoms with E-state index in [0.717, 1.165) is 5.56 Å². The lowest BCUT2D eigenvalue weighted by Gasteiger charge is -2.13. The second-order valence-electron chi connectivity index (χ2n) is 4.17. The molecule has 1 aliphatic rings. The second kappa shape index (κ2) is 7.33. The summed E-state index contributed by atoms with van der Waals surface area (Å²) in [5, 5.41) is 0. The van der Waals surface area contributed by atoms with Crippen LogP contribution in [-0.2, 0) is 14.3 Å². The largest absolute Gasteiger partial charge is 0.466 e. The molecule has 0 N–H and O–H groups in total. The molecule has 1 aromatic heterocycles. The molecule has 1 amide bonds. The molecule has 0 aliphatic carbocycles. The van der Waals surface area contributed by atoms with Crippen LogP contribution in [0.5, 0.6) is 0 Å². The number of ether oxygens (including phenoxy) is 1. The van der Waals surface area contributed by atoms with Crippen molar-refractivity contribution in [2.75, 3.05) is 13.2 Å². The van der Waals surface area contributed by atoms with Gasteiger partial charge in [-0.3, -0.25) is 19.5 Å². The van der Waals surface area contributed by atoms with Crippen LogP contribution in [0.15, 0.2) is 29.4 Å². The summed E-state index contributed by atoms with van der Waals surface area (Å²) in [6.45, 7) is 2.32. The minimum Gasteiger partial charge on any atom is -0.466 e. The van der Waals surface area contributed by atoms with E-state index in [9.17, 15) is 9.59 Å². The number of carbonyl (C=O) groups excluding carboxylic acids is 2. The number of carbonyl (C=O) groups is 2. The first kappa shape index (κ1) is 15.7. The van der Waals surface area contributed by atoms with Crippen LogP contribution in [0.2, 0.25) is 0 Å². The van der Waals surface area contributed by atoms with Gasteiger partial charge in [0.15, 0.2) is 0 Å². The monoisotopic (exact) mass is 322 g/mol. The molecule has 0 atom stereocenters. The maximum Gasteiger partial charge on any atom is 0.307 e. The topological polar surface area (TPSA) is 59.5 Å². The minimum atomic E-state index is -0.331. The SMILES string of the molecule is CCOC(=O)CCN1C(=O)/C(=C/c2cccnc2)SC1=S. The van der Waals surface area contributed by atoms with Gasteiger partial charge in [0, 0.05) is 18.9 Å². The lowest BCUT2D eigenvalue weighted by molar-refractivity contribution is -0.143. The average molecular weight is 322 g/mol. The summed E-state index contributed by atoms with van der Waals surface area (Å²) in [6.07, 6.45) is 5.23. The van der Waals surface area contributed by atoms with E-state index in [4.69, 9.17) is 17.0 Å². The maximum absolute atomic E-state index is 12.3. The van der Waals surface area contributed by atoms with Crippen LogP contribution >= 0.6 is 24.0 Å². The summed E-state index contributed by atoms with van der Waals surface area (Å²) in [5.41, 5.74) is 0.836. The molecular formula is C14H14N2O3S2. The molecule has 5 nitrogen and oxygen atoms in total. The Morgan fingerprint density at radius 2 is 2.38 bits per heavy atom. The van der Waals surface area contributed by atoms with Crippen LogP contribution in [0.25, 0.3) is 6.08 Å². The predicted molar refractivity (Wildman–Crippen MR) is 85.4 cm³/mol. The molecule has 0 unspecified atom stereocenters. The van der Waals surface area contributed by atoms with Gasteiger partial charge < -0.3 is 4.74 Å². The van der Waals surface area contributed by atoms with Crippen LogP contribution in [0.1, 0.15) is 18.9 Å². The Morgan fingerprint density at radius 1 is 1.57 bits per heavy atom. The molecule has 7 heteroatoms. The molecule has 0 spiro atoms. The van der Waals surface area contributed by atoms with Gasteiger partial charge in [0.25, 0.3) is 5.91 Å². The quantitative estimate of drug-likeness (QED) is 0.471. The van der Waals surface area contributed by atoms with Gasteiger partial charge in [-0.1, -0.05) is 30.0 Å². The molecule has 0 saturated carbocycles. The molecule has 2 rings (SSSR count). The number of thioether (sulfide) groups is 1. The average Bonchev–Trinajstić information content (AvgIpc) is 2.73. The molecule has 0 radical (unpaired) electrons. The number of rotatable bonds is 5. The van der Waals surface area contributed by atoms with E-state index < -0.39 is 0 Å². The Morgan fingerprint density at radius 3 is 3.05 bits per heavy atom. The van der Waals surface area contributed by atoms with E-state index in [1.165, 1.54) is 16.7 Å². The van der Waals surface area contributed by atoms with E-state index >= 15 is 0 Å². The molecule has 1 saturated heterocycles. The van der Waals surface area contributed by atoms with Gasteiger partial charge in [-0.2, -0.15) is 0 Å². The van der Waals surface area contributed by atoms with Gasteiger partial charge in [0.2, 0.25) is 0 Å². The zero-order valence-corrected chi connectivity index (χ0v) is 13.1. The Hall–Kier alpha value is -1.73. The Labute approximate surface area is 132 Å². The van der Waals surface area contributed by atoms with E-state index in [1.54, 1.807) is 31.5 Å². The third-order valence-electron chi connectivity index (χ3n) is 2.70. The number of esters is 1. The minimum absolute atomic E-state index is 0.139. The smallest absolute Gasteiger partial charge is 0.307 e. The van der Waals surface area contributed by atoms with E-state index in [2.05, 4.69) is 4.98 Å². The van der Waals surface area contributed by atoms with Gasteiger partial charge in [0.05, 0.1) is 17.9 Å². The number of amides is 1. The maximum atomic E-state index is 12.3. The molecule has 2 heterocycles. The molecule has 1 fully saturated rings. The molecule has 21 heavy (non-hydrogen) atoms. The summed E-state index contributed by atoms with van der Waals surface area (Å²) in [7, 11) is 0. The third-order valence-corrected chi connectivity index (χ3v) is 4.08. The van der Waals surface area contributed by atoms with Crippen LogP contribution in [0.4, 0.5) is 0 Å². The Kier molecular flexibility index (Phi) is 5.46. The number of thiocarbonyl (C=S) groups is 1. The van der Waals surface area contributed by atoms with E-state index in [-0.39, 0.29) is 24.8 Å². The normalized spacial score (nSPS) is 16.6. The predicted octanol–water partition coefficient (Wildman–Crippen LogP) is 2.24. The summed E-state index contributed by atoms with van der Waals surface area (Å²) >= 11 is 6.42. The highest BCUT2D eigenvalue weighted by atomic mass is 32.2. The first-order valence-electron chi connectivity index (χ1n) is 6.43.